The van der Waals surface area contributed by atoms with Crippen LogP contribution in [0.15, 0.2) is 58.3 Å². The second-order valence-electron chi connectivity index (χ2n) is 7.13. The van der Waals surface area contributed by atoms with E-state index in [9.17, 15) is 18.0 Å². The summed E-state index contributed by atoms with van der Waals surface area (Å²) in [6.07, 6.45) is -4.45. The molecule has 1 amide bonds. The lowest BCUT2D eigenvalue weighted by molar-refractivity contribution is -0.137. The Morgan fingerprint density at radius 3 is 2.65 bits per heavy atom. The van der Waals surface area contributed by atoms with Gasteiger partial charge in [-0.2, -0.15) is 13.2 Å². The summed E-state index contributed by atoms with van der Waals surface area (Å²) in [6, 6.07) is 11.8. The summed E-state index contributed by atoms with van der Waals surface area (Å²) in [5.74, 6) is -0.147. The van der Waals surface area contributed by atoms with E-state index in [2.05, 4.69) is 10.2 Å². The van der Waals surface area contributed by atoms with Gasteiger partial charge in [-0.1, -0.05) is 18.2 Å². The first-order valence-electron chi connectivity index (χ1n) is 9.83. The number of nitrogens with zero attached hydrogens (tertiary/aromatic N) is 1. The van der Waals surface area contributed by atoms with Gasteiger partial charge in [0.2, 0.25) is 0 Å². The van der Waals surface area contributed by atoms with E-state index in [4.69, 9.17) is 9.15 Å². The first kappa shape index (κ1) is 21.6. The van der Waals surface area contributed by atoms with Crippen molar-refractivity contribution >= 4 is 17.2 Å². The zero-order valence-electron chi connectivity index (χ0n) is 16.5. The van der Waals surface area contributed by atoms with Crippen LogP contribution >= 0.6 is 11.3 Å². The summed E-state index contributed by atoms with van der Waals surface area (Å²) in [4.78, 5) is 16.1. The predicted molar refractivity (Wildman–Crippen MR) is 111 cm³/mol. The highest BCUT2D eigenvalue weighted by Crippen LogP contribution is 2.32. The van der Waals surface area contributed by atoms with Gasteiger partial charge in [0.1, 0.15) is 5.76 Å². The maximum atomic E-state index is 13.0. The number of alkyl halides is 3. The van der Waals surface area contributed by atoms with Gasteiger partial charge in [-0.15, -0.1) is 11.3 Å². The minimum absolute atomic E-state index is 0.0192. The van der Waals surface area contributed by atoms with E-state index in [0.717, 1.165) is 30.1 Å². The molecule has 0 aliphatic carbocycles. The van der Waals surface area contributed by atoms with Crippen LogP contribution in [0, 0.1) is 0 Å². The van der Waals surface area contributed by atoms with Gasteiger partial charge in [0.05, 0.1) is 24.8 Å². The van der Waals surface area contributed by atoms with Gasteiger partial charge in [-0.3, -0.25) is 9.69 Å². The largest absolute Gasteiger partial charge is 0.451 e. The standard InChI is InChI=1S/C22H21F3N2O3S/c23-22(24,25)16-4-1-3-15(13-16)18-6-7-19(30-18)21(28)26-14-17(20-5-2-12-31-20)27-8-10-29-11-9-27/h1-7,12-13,17H,8-11,14H2,(H,26,28). The Kier molecular flexibility index (Phi) is 6.45. The van der Waals surface area contributed by atoms with Gasteiger partial charge in [0.15, 0.2) is 5.76 Å². The summed E-state index contributed by atoms with van der Waals surface area (Å²) < 4.78 is 49.9. The third kappa shape index (κ3) is 5.17. The number of thiophene rings is 1. The summed E-state index contributed by atoms with van der Waals surface area (Å²) in [5.41, 5.74) is -0.504. The van der Waals surface area contributed by atoms with E-state index in [0.29, 0.717) is 19.8 Å². The van der Waals surface area contributed by atoms with Crippen molar-refractivity contribution in [2.75, 3.05) is 32.8 Å². The van der Waals surface area contributed by atoms with E-state index in [-0.39, 0.29) is 23.1 Å². The van der Waals surface area contributed by atoms with Crippen LogP contribution in [0.25, 0.3) is 11.3 Å². The molecule has 31 heavy (non-hydrogen) atoms. The fourth-order valence-electron chi connectivity index (χ4n) is 3.52. The summed E-state index contributed by atoms with van der Waals surface area (Å²) in [7, 11) is 0. The van der Waals surface area contributed by atoms with E-state index >= 15 is 0 Å². The normalized spacial score (nSPS) is 16.2. The van der Waals surface area contributed by atoms with Crippen LogP contribution in [0.2, 0.25) is 0 Å². The number of ether oxygens (including phenoxy) is 1. The summed E-state index contributed by atoms with van der Waals surface area (Å²) >= 11 is 1.63. The fraction of sp³-hybridized carbons (Fsp3) is 0.318. The zero-order chi connectivity index (χ0) is 21.8. The number of morpholine rings is 1. The monoisotopic (exact) mass is 450 g/mol. The molecule has 0 bridgehead atoms. The molecule has 0 radical (unpaired) electrons. The number of hydrogen-bond acceptors (Lipinski definition) is 5. The maximum Gasteiger partial charge on any atom is 0.416 e. The van der Waals surface area contributed by atoms with Crippen LogP contribution in [-0.2, 0) is 10.9 Å². The summed E-state index contributed by atoms with van der Waals surface area (Å²) in [6.45, 7) is 3.24. The number of carbonyl (C=O) groups is 1. The Bertz CT molecular complexity index is 1010. The van der Waals surface area contributed by atoms with Crippen molar-refractivity contribution in [2.45, 2.75) is 12.2 Å². The third-order valence-corrected chi connectivity index (χ3v) is 6.09. The molecule has 0 saturated carbocycles. The highest BCUT2D eigenvalue weighted by atomic mass is 32.1. The molecule has 0 spiro atoms. The number of hydrogen-bond donors (Lipinski definition) is 1. The average Bonchev–Trinajstić information content (AvgIpc) is 3.47. The molecule has 4 rings (SSSR count). The van der Waals surface area contributed by atoms with Gasteiger partial charge in [0.25, 0.3) is 5.91 Å². The molecule has 164 valence electrons. The highest BCUT2D eigenvalue weighted by Gasteiger charge is 2.31. The van der Waals surface area contributed by atoms with Gasteiger partial charge in [-0.05, 0) is 35.7 Å². The number of rotatable bonds is 6. The number of carbonyl (C=O) groups excluding carboxylic acids is 1. The number of nitrogens with one attached hydrogen (secondary N) is 1. The first-order valence-corrected chi connectivity index (χ1v) is 10.7. The Hall–Kier alpha value is -2.62. The van der Waals surface area contributed by atoms with Crippen molar-refractivity contribution in [1.29, 1.82) is 0 Å². The fourth-order valence-corrected chi connectivity index (χ4v) is 4.38. The second-order valence-corrected chi connectivity index (χ2v) is 8.11. The molecule has 1 aromatic carbocycles. The molecule has 5 nitrogen and oxygen atoms in total. The Labute approximate surface area is 181 Å². The topological polar surface area (TPSA) is 54.7 Å². The molecule has 3 aromatic rings. The van der Waals surface area contributed by atoms with Crippen LogP contribution in [0.4, 0.5) is 13.2 Å². The number of benzene rings is 1. The Morgan fingerprint density at radius 2 is 1.94 bits per heavy atom. The van der Waals surface area contributed by atoms with Crippen LogP contribution in [0.3, 0.4) is 0 Å². The van der Waals surface area contributed by atoms with Gasteiger partial charge < -0.3 is 14.5 Å². The second kappa shape index (κ2) is 9.25. The lowest BCUT2D eigenvalue weighted by Gasteiger charge is -2.34. The zero-order valence-corrected chi connectivity index (χ0v) is 17.3. The number of furan rings is 1. The predicted octanol–water partition coefficient (Wildman–Crippen LogP) is 4.83. The van der Waals surface area contributed by atoms with Crippen LogP contribution in [0.1, 0.15) is 27.0 Å². The third-order valence-electron chi connectivity index (χ3n) is 5.12. The summed E-state index contributed by atoms with van der Waals surface area (Å²) in [5, 5.41) is 4.90. The molecule has 1 atom stereocenters. The van der Waals surface area contributed by atoms with E-state index in [1.165, 1.54) is 24.3 Å². The molecular weight excluding hydrogens is 429 g/mol. The molecule has 9 heteroatoms. The van der Waals surface area contributed by atoms with Crippen molar-refractivity contribution in [3.63, 3.8) is 0 Å². The number of halogens is 3. The molecule has 2 aromatic heterocycles. The highest BCUT2D eigenvalue weighted by molar-refractivity contribution is 7.10. The van der Waals surface area contributed by atoms with Crippen molar-refractivity contribution < 1.29 is 27.1 Å². The van der Waals surface area contributed by atoms with Crippen LogP contribution < -0.4 is 5.32 Å². The van der Waals surface area contributed by atoms with E-state index in [1.807, 2.05) is 17.5 Å². The van der Waals surface area contributed by atoms with Crippen molar-refractivity contribution in [3.05, 3.63) is 70.1 Å². The molecular formula is C22H21F3N2O3S. The maximum absolute atomic E-state index is 13.0. The quantitative estimate of drug-likeness (QED) is 0.585. The SMILES string of the molecule is O=C(NCC(c1cccs1)N1CCOCC1)c1ccc(-c2cccc(C(F)(F)F)c2)o1. The van der Waals surface area contributed by atoms with Crippen LogP contribution in [0.5, 0.6) is 0 Å². The molecule has 1 unspecified atom stereocenters. The first-order chi connectivity index (χ1) is 14.9. The van der Waals surface area contributed by atoms with Gasteiger partial charge >= 0.3 is 6.18 Å². The molecule has 1 aliphatic heterocycles. The minimum Gasteiger partial charge on any atom is -0.451 e. The molecule has 1 N–H and O–H groups in total. The molecule has 3 heterocycles. The lowest BCUT2D eigenvalue weighted by Crippen LogP contribution is -2.43. The van der Waals surface area contributed by atoms with Crippen LogP contribution in [-0.4, -0.2) is 43.7 Å². The van der Waals surface area contributed by atoms with Crippen molar-refractivity contribution in [2.24, 2.45) is 0 Å². The minimum atomic E-state index is -4.45. The number of amides is 1. The lowest BCUT2D eigenvalue weighted by atomic mass is 10.1. The smallest absolute Gasteiger partial charge is 0.416 e. The van der Waals surface area contributed by atoms with Gasteiger partial charge in [-0.25, -0.2) is 0 Å². The Morgan fingerprint density at radius 1 is 1.13 bits per heavy atom. The average molecular weight is 450 g/mol. The molecule has 1 aliphatic rings. The molecule has 1 fully saturated rings. The van der Waals surface area contributed by atoms with E-state index in [1.54, 1.807) is 11.3 Å². The van der Waals surface area contributed by atoms with Gasteiger partial charge in [0, 0.05) is 30.1 Å². The van der Waals surface area contributed by atoms with E-state index < -0.39 is 17.6 Å². The Balaban J connectivity index is 1.45. The van der Waals surface area contributed by atoms with Crippen molar-refractivity contribution in [1.82, 2.24) is 10.2 Å². The molecule has 1 saturated heterocycles. The van der Waals surface area contributed by atoms with Crippen molar-refractivity contribution in [3.8, 4) is 11.3 Å².